The second-order valence-electron chi connectivity index (χ2n) is 6.13. The number of hydrogen-bond acceptors (Lipinski definition) is 0. The van der Waals surface area contributed by atoms with Crippen LogP contribution in [0.3, 0.4) is 0 Å². The fraction of sp³-hybridized carbons (Fsp3) is 0.368. The van der Waals surface area contributed by atoms with E-state index >= 15 is 0 Å². The second kappa shape index (κ2) is 8.26. The van der Waals surface area contributed by atoms with E-state index in [0.717, 1.165) is 36.5 Å². The average Bonchev–Trinajstić information content (AvgIpc) is 2.53. The summed E-state index contributed by atoms with van der Waals surface area (Å²) in [5.41, 5.74) is 1.27. The minimum Gasteiger partial charge on any atom is -0.166 e. The number of rotatable bonds is 6. The van der Waals surface area contributed by atoms with Crippen LogP contribution in [-0.4, -0.2) is 0 Å². The lowest BCUT2D eigenvalue weighted by Crippen LogP contribution is -2.06. The SMILES string of the molecule is C[C@@H](CCc1cccc(C(F)(F)F)c1)CCc1ccc(Cl)c(Cl)c1. The van der Waals surface area contributed by atoms with Crippen LogP contribution in [0.5, 0.6) is 0 Å². The molecule has 2 aromatic rings. The Labute approximate surface area is 150 Å². The third kappa shape index (κ3) is 5.71. The molecule has 0 amide bonds. The summed E-state index contributed by atoms with van der Waals surface area (Å²) in [7, 11) is 0. The smallest absolute Gasteiger partial charge is 0.166 e. The van der Waals surface area contributed by atoms with Gasteiger partial charge in [0.15, 0.2) is 0 Å². The van der Waals surface area contributed by atoms with Crippen LogP contribution in [0.15, 0.2) is 42.5 Å². The predicted molar refractivity (Wildman–Crippen MR) is 93.7 cm³/mol. The molecule has 0 unspecified atom stereocenters. The van der Waals surface area contributed by atoms with Crippen molar-refractivity contribution in [1.82, 2.24) is 0 Å². The van der Waals surface area contributed by atoms with Gasteiger partial charge >= 0.3 is 6.18 Å². The Morgan fingerprint density at radius 2 is 1.50 bits per heavy atom. The molecule has 0 bridgehead atoms. The number of hydrogen-bond donors (Lipinski definition) is 0. The van der Waals surface area contributed by atoms with E-state index in [1.54, 1.807) is 12.1 Å². The summed E-state index contributed by atoms with van der Waals surface area (Å²) in [6.45, 7) is 2.12. The maximum atomic E-state index is 12.7. The van der Waals surface area contributed by atoms with Crippen molar-refractivity contribution in [2.45, 2.75) is 38.8 Å². The van der Waals surface area contributed by atoms with Gasteiger partial charge in [-0.05, 0) is 60.9 Å². The molecule has 0 aliphatic rings. The molecule has 0 heterocycles. The van der Waals surface area contributed by atoms with Crippen molar-refractivity contribution < 1.29 is 13.2 Å². The Morgan fingerprint density at radius 1 is 0.875 bits per heavy atom. The highest BCUT2D eigenvalue weighted by molar-refractivity contribution is 6.42. The van der Waals surface area contributed by atoms with Gasteiger partial charge in [0.1, 0.15) is 0 Å². The molecule has 0 fully saturated rings. The van der Waals surface area contributed by atoms with E-state index in [-0.39, 0.29) is 0 Å². The summed E-state index contributed by atoms with van der Waals surface area (Å²) in [4.78, 5) is 0. The van der Waals surface area contributed by atoms with Gasteiger partial charge in [0.2, 0.25) is 0 Å². The van der Waals surface area contributed by atoms with Crippen LogP contribution in [0.4, 0.5) is 13.2 Å². The Morgan fingerprint density at radius 3 is 2.08 bits per heavy atom. The fourth-order valence-corrected chi connectivity index (χ4v) is 2.89. The van der Waals surface area contributed by atoms with E-state index in [9.17, 15) is 13.2 Å². The maximum absolute atomic E-state index is 12.7. The predicted octanol–water partition coefficient (Wildman–Crippen LogP) is 7.21. The van der Waals surface area contributed by atoms with Crippen molar-refractivity contribution in [2.75, 3.05) is 0 Å². The molecular formula is C19H19Cl2F3. The largest absolute Gasteiger partial charge is 0.416 e. The molecule has 0 N–H and O–H groups in total. The molecular weight excluding hydrogens is 356 g/mol. The van der Waals surface area contributed by atoms with Crippen LogP contribution >= 0.6 is 23.2 Å². The van der Waals surface area contributed by atoms with Gasteiger partial charge in [-0.25, -0.2) is 0 Å². The molecule has 0 radical (unpaired) electrons. The first-order valence-corrected chi connectivity index (χ1v) is 8.61. The van der Waals surface area contributed by atoms with E-state index in [1.807, 2.05) is 12.1 Å². The maximum Gasteiger partial charge on any atom is 0.416 e. The van der Waals surface area contributed by atoms with Crippen LogP contribution in [-0.2, 0) is 19.0 Å². The van der Waals surface area contributed by atoms with Gasteiger partial charge < -0.3 is 0 Å². The summed E-state index contributed by atoms with van der Waals surface area (Å²) in [6, 6.07) is 11.2. The zero-order valence-electron chi connectivity index (χ0n) is 13.3. The molecule has 0 nitrogen and oxygen atoms in total. The molecule has 24 heavy (non-hydrogen) atoms. The highest BCUT2D eigenvalue weighted by atomic mass is 35.5. The molecule has 130 valence electrons. The summed E-state index contributed by atoms with van der Waals surface area (Å²) in [5, 5.41) is 1.09. The number of alkyl halides is 3. The van der Waals surface area contributed by atoms with E-state index in [1.165, 1.54) is 12.1 Å². The minimum atomic E-state index is -4.28. The molecule has 2 aromatic carbocycles. The topological polar surface area (TPSA) is 0 Å². The molecule has 0 spiro atoms. The Hall–Kier alpha value is -1.19. The lowest BCUT2D eigenvalue weighted by atomic mass is 9.94. The van der Waals surface area contributed by atoms with Gasteiger partial charge in [0, 0.05) is 0 Å². The van der Waals surface area contributed by atoms with E-state index < -0.39 is 11.7 Å². The molecule has 1 atom stereocenters. The van der Waals surface area contributed by atoms with E-state index in [4.69, 9.17) is 23.2 Å². The molecule has 0 aromatic heterocycles. The lowest BCUT2D eigenvalue weighted by Gasteiger charge is -2.13. The van der Waals surface area contributed by atoms with Crippen LogP contribution < -0.4 is 0 Å². The normalized spacial score (nSPS) is 13.1. The molecule has 0 aliphatic heterocycles. The van der Waals surface area contributed by atoms with Crippen molar-refractivity contribution in [3.8, 4) is 0 Å². The summed E-state index contributed by atoms with van der Waals surface area (Å²) >= 11 is 11.9. The van der Waals surface area contributed by atoms with Crippen molar-refractivity contribution in [3.63, 3.8) is 0 Å². The first-order valence-electron chi connectivity index (χ1n) is 7.86. The van der Waals surface area contributed by atoms with Crippen LogP contribution in [0.1, 0.15) is 36.5 Å². The minimum absolute atomic E-state index is 0.411. The van der Waals surface area contributed by atoms with Gasteiger partial charge in [0.25, 0.3) is 0 Å². The summed E-state index contributed by atoms with van der Waals surface area (Å²) in [6.07, 6.45) is -0.956. The standard InChI is InChI=1S/C19H19Cl2F3/c1-13(6-8-15-9-10-17(20)18(21)12-15)5-7-14-3-2-4-16(11-14)19(22,23)24/h2-4,9-13H,5-8H2,1H3/t13-/m0/s1. The molecule has 0 saturated carbocycles. The number of halogens is 5. The van der Waals surface area contributed by atoms with E-state index in [0.29, 0.717) is 22.4 Å². The van der Waals surface area contributed by atoms with Gasteiger partial charge in [0.05, 0.1) is 15.6 Å². The monoisotopic (exact) mass is 374 g/mol. The van der Waals surface area contributed by atoms with Crippen molar-refractivity contribution in [3.05, 3.63) is 69.2 Å². The first-order chi connectivity index (χ1) is 11.3. The van der Waals surface area contributed by atoms with Gasteiger partial charge in [-0.2, -0.15) is 13.2 Å². The average molecular weight is 375 g/mol. The van der Waals surface area contributed by atoms with Crippen LogP contribution in [0.25, 0.3) is 0 Å². The fourth-order valence-electron chi connectivity index (χ4n) is 2.57. The first kappa shape index (κ1) is 19.1. The third-order valence-corrected chi connectivity index (χ3v) is 4.83. The molecule has 0 aliphatic carbocycles. The van der Waals surface area contributed by atoms with Gasteiger partial charge in [-0.1, -0.05) is 54.4 Å². The van der Waals surface area contributed by atoms with Gasteiger partial charge in [-0.15, -0.1) is 0 Å². The highest BCUT2D eigenvalue weighted by Gasteiger charge is 2.30. The third-order valence-electron chi connectivity index (χ3n) is 4.09. The van der Waals surface area contributed by atoms with Crippen LogP contribution in [0, 0.1) is 5.92 Å². The number of benzene rings is 2. The van der Waals surface area contributed by atoms with Gasteiger partial charge in [-0.3, -0.25) is 0 Å². The summed E-state index contributed by atoms with van der Waals surface area (Å²) < 4.78 is 38.1. The van der Waals surface area contributed by atoms with Crippen molar-refractivity contribution in [1.29, 1.82) is 0 Å². The Kier molecular flexibility index (Phi) is 6.59. The highest BCUT2D eigenvalue weighted by Crippen LogP contribution is 2.30. The Bertz CT molecular complexity index is 681. The van der Waals surface area contributed by atoms with Crippen molar-refractivity contribution >= 4 is 23.2 Å². The number of aryl methyl sites for hydroxylation is 2. The van der Waals surface area contributed by atoms with E-state index in [2.05, 4.69) is 6.92 Å². The summed E-state index contributed by atoms with van der Waals surface area (Å²) in [5.74, 6) is 0.411. The second-order valence-corrected chi connectivity index (χ2v) is 6.94. The van der Waals surface area contributed by atoms with Crippen LogP contribution in [0.2, 0.25) is 10.0 Å². The molecule has 2 rings (SSSR count). The zero-order chi connectivity index (χ0) is 17.7. The quantitative estimate of drug-likeness (QED) is 0.500. The molecule has 5 heteroatoms. The molecule has 0 saturated heterocycles. The Balaban J connectivity index is 1.85. The van der Waals surface area contributed by atoms with Crippen molar-refractivity contribution in [2.24, 2.45) is 5.92 Å². The lowest BCUT2D eigenvalue weighted by molar-refractivity contribution is -0.137. The zero-order valence-corrected chi connectivity index (χ0v) is 14.8.